The van der Waals surface area contributed by atoms with Crippen LogP contribution in [0.3, 0.4) is 0 Å². The van der Waals surface area contributed by atoms with Gasteiger partial charge in [0.25, 0.3) is 0 Å². The number of fused-ring (bicyclic) bond motifs is 15. The van der Waals surface area contributed by atoms with E-state index >= 15 is 0 Å². The number of hydrogen-bond donors (Lipinski definition) is 0. The smallest absolute Gasteiger partial charge is 0.0632 e. The molecule has 0 spiro atoms. The highest BCUT2D eigenvalue weighted by Crippen LogP contribution is 2.53. The maximum absolute atomic E-state index is 8.78. The van der Waals surface area contributed by atoms with Gasteiger partial charge in [-0.25, -0.2) is 0 Å². The summed E-state index contributed by atoms with van der Waals surface area (Å²) in [6.45, 7) is 22.3. The Morgan fingerprint density at radius 1 is 0.275 bits per heavy atom. The van der Waals surface area contributed by atoms with E-state index in [-0.39, 0.29) is 40.4 Å². The molecule has 4 heteroatoms. The van der Waals surface area contributed by atoms with Crippen molar-refractivity contribution in [1.82, 2.24) is 0 Å². The van der Waals surface area contributed by atoms with Gasteiger partial charge < -0.3 is 0 Å². The molecule has 0 aliphatic heterocycles. The van der Waals surface area contributed by atoms with Crippen molar-refractivity contribution in [3.8, 4) is 77.9 Å². The van der Waals surface area contributed by atoms with Crippen LogP contribution in [0, 0.1) is 6.92 Å². The zero-order valence-electron chi connectivity index (χ0n) is 63.2. The SMILES string of the molecule is CC(C)(C)c1c(-c2cccc3c2-c2ccccc2C3)cccc1-c1cccc2sc3ccccc3c12.CC(C)(C)c1c(-c2cccc3c2sc2ccccc23)cccc1-c1cccc2c1sc1ccccc12.[2H]c1c([2H])c(C)c([2H])c(-c2cccc(-c3cccc4sc5ccccc5c34)c2C(C)(C)C)c1[2H]. The second-order valence-corrected chi connectivity index (χ2v) is 34.5. The van der Waals surface area contributed by atoms with Gasteiger partial charge in [-0.3, -0.25) is 0 Å². The Balaban J connectivity index is 0.000000117. The van der Waals surface area contributed by atoms with Crippen molar-refractivity contribution in [2.24, 2.45) is 0 Å². The maximum Gasteiger partial charge on any atom is 0.0632 e. The van der Waals surface area contributed by atoms with E-state index in [2.05, 4.69) is 317 Å². The van der Waals surface area contributed by atoms with Crippen LogP contribution < -0.4 is 0 Å². The Labute approximate surface area is 621 Å². The minimum Gasteiger partial charge on any atom is -0.135 e. The number of rotatable bonds is 6. The molecule has 1 aliphatic rings. The quantitative estimate of drug-likeness (QED) is 0.156. The molecule has 102 heavy (non-hydrogen) atoms. The molecule has 0 saturated carbocycles. The lowest BCUT2D eigenvalue weighted by Crippen LogP contribution is -2.15. The van der Waals surface area contributed by atoms with Crippen molar-refractivity contribution in [3.05, 3.63) is 324 Å². The van der Waals surface area contributed by atoms with Crippen molar-refractivity contribution < 1.29 is 5.48 Å². The molecule has 0 atom stereocenters. The molecule has 0 saturated heterocycles. The standard InChI is InChI=1S/C35H28S.C34H26S2.C29H26S/c1-35(2,3)34-27(25-15-8-12-23-21-22-11-4-5-13-24(22)32(23)25)17-9-18-28(34)26-16-10-20-31-33(26)29-14-6-7-19-30(29)36-31;1-34(2,3)31-23(27-17-9-15-25-21-11-4-6-19-29(21)35-32(25)27)13-8-14-24(31)28-18-10-16-26-22-12-5-7-20-30(22)36-33(26)28;1-19-10-7-11-20(18-19)21-13-8-15-23(28(21)29(2,3)4)22-14-9-17-26-27(22)24-12-5-6-16-25(24)30-26/h4-20H,21H2,1-3H3;4-20H,1-3H3;5-18H,1-4H3/i;;7D,10D,11D,18D. The monoisotopic (exact) mass is 1390 g/mol. The molecule has 19 rings (SSSR count). The Kier molecular flexibility index (Phi) is 15.3. The van der Waals surface area contributed by atoms with Gasteiger partial charge in [0.2, 0.25) is 0 Å². The molecule has 0 unspecified atom stereocenters. The summed E-state index contributed by atoms with van der Waals surface area (Å²) in [6.07, 6.45) is 1.02. The second-order valence-electron chi connectivity index (χ2n) is 30.2. The van der Waals surface area contributed by atoms with E-state index in [4.69, 9.17) is 5.48 Å². The lowest BCUT2D eigenvalue weighted by atomic mass is 9.76. The number of benzene rings is 14. The van der Waals surface area contributed by atoms with Gasteiger partial charge in [-0.05, 0) is 172 Å². The molecule has 1 aliphatic carbocycles. The Hall–Kier alpha value is -10.0. The molecule has 496 valence electrons. The van der Waals surface area contributed by atoms with Crippen LogP contribution in [-0.4, -0.2) is 0 Å². The second kappa shape index (κ2) is 25.8. The van der Waals surface area contributed by atoms with E-state index in [1.54, 1.807) is 18.3 Å². The Morgan fingerprint density at radius 3 is 1.10 bits per heavy atom. The van der Waals surface area contributed by atoms with Crippen LogP contribution in [0.4, 0.5) is 0 Å². The fraction of sp³-hybridized carbons (Fsp3) is 0.143. The van der Waals surface area contributed by atoms with Gasteiger partial charge in [0.05, 0.1) is 5.48 Å². The van der Waals surface area contributed by atoms with Gasteiger partial charge in [-0.2, -0.15) is 0 Å². The third-order valence-electron chi connectivity index (χ3n) is 20.3. The molecule has 0 fully saturated rings. The van der Waals surface area contributed by atoms with Gasteiger partial charge in [-0.1, -0.05) is 323 Å². The summed E-state index contributed by atoms with van der Waals surface area (Å²) in [5.74, 6) is 0. The molecule has 0 amide bonds. The molecule has 18 aromatic rings. The largest absolute Gasteiger partial charge is 0.135 e. The minimum absolute atomic E-state index is 0.0242. The zero-order chi connectivity index (χ0) is 73.2. The summed E-state index contributed by atoms with van der Waals surface area (Å²) < 4.78 is 44.6. The molecular weight excluding hydrogens is 1310 g/mol. The van der Waals surface area contributed by atoms with E-state index in [1.165, 1.54) is 159 Å². The number of thiophene rings is 4. The van der Waals surface area contributed by atoms with Gasteiger partial charge in [0.1, 0.15) is 0 Å². The van der Waals surface area contributed by atoms with E-state index in [1.807, 2.05) is 46.1 Å². The van der Waals surface area contributed by atoms with Crippen LogP contribution in [0.25, 0.3) is 159 Å². The molecule has 0 N–H and O–H groups in total. The van der Waals surface area contributed by atoms with E-state index in [9.17, 15) is 0 Å². The summed E-state index contributed by atoms with van der Waals surface area (Å²) in [5, 5.41) is 10.6. The molecule has 0 nitrogen and oxygen atoms in total. The predicted molar refractivity (Wildman–Crippen MR) is 453 cm³/mol. The molecule has 4 aromatic heterocycles. The summed E-state index contributed by atoms with van der Waals surface area (Å²) in [5.41, 5.74) is 23.9. The van der Waals surface area contributed by atoms with E-state index < -0.39 is 0 Å². The van der Waals surface area contributed by atoms with Crippen LogP contribution in [0.15, 0.2) is 291 Å². The van der Waals surface area contributed by atoms with Gasteiger partial charge >= 0.3 is 0 Å². The summed E-state index contributed by atoms with van der Waals surface area (Å²) in [7, 11) is 0. The van der Waals surface area contributed by atoms with Crippen LogP contribution in [-0.2, 0) is 22.7 Å². The average Bonchev–Trinajstić information content (AvgIpc) is 1.44. The summed E-state index contributed by atoms with van der Waals surface area (Å²) in [4.78, 5) is 0. The Morgan fingerprint density at radius 2 is 0.598 bits per heavy atom. The molecule has 0 radical (unpaired) electrons. The first kappa shape index (κ1) is 60.7. The van der Waals surface area contributed by atoms with Crippen LogP contribution in [0.5, 0.6) is 0 Å². The highest BCUT2D eigenvalue weighted by Gasteiger charge is 2.31. The van der Waals surface area contributed by atoms with Crippen molar-refractivity contribution in [1.29, 1.82) is 0 Å². The fourth-order valence-electron chi connectivity index (χ4n) is 16.3. The van der Waals surface area contributed by atoms with Crippen molar-refractivity contribution >= 4 is 126 Å². The fourth-order valence-corrected chi connectivity index (χ4v) is 21.0. The third kappa shape index (κ3) is 11.5. The molecule has 4 heterocycles. The lowest BCUT2D eigenvalue weighted by Gasteiger charge is -2.28. The topological polar surface area (TPSA) is 0 Å². The normalized spacial score (nSPS) is 12.9. The van der Waals surface area contributed by atoms with Crippen LogP contribution >= 0.6 is 45.3 Å². The highest BCUT2D eigenvalue weighted by molar-refractivity contribution is 7.27. The van der Waals surface area contributed by atoms with Crippen molar-refractivity contribution in [2.75, 3.05) is 0 Å². The highest BCUT2D eigenvalue weighted by atomic mass is 32.1. The van der Waals surface area contributed by atoms with Crippen LogP contribution in [0.2, 0.25) is 0 Å². The first-order valence-electron chi connectivity index (χ1n) is 37.4. The van der Waals surface area contributed by atoms with Gasteiger partial charge in [0, 0.05) is 80.7 Å². The summed E-state index contributed by atoms with van der Waals surface area (Å²) >= 11 is 7.51. The third-order valence-corrected chi connectivity index (χ3v) is 25.1. The van der Waals surface area contributed by atoms with E-state index in [0.717, 1.165) is 28.7 Å². The first-order chi connectivity index (χ1) is 51.1. The molecule has 14 aromatic carbocycles. The van der Waals surface area contributed by atoms with Gasteiger partial charge in [-0.15, -0.1) is 45.3 Å². The number of hydrogen-bond acceptors (Lipinski definition) is 4. The Bertz CT molecular complexity index is 6410. The van der Waals surface area contributed by atoms with Crippen molar-refractivity contribution in [2.45, 2.75) is 91.9 Å². The van der Waals surface area contributed by atoms with Crippen LogP contribution in [0.1, 0.15) is 101 Å². The minimum atomic E-state index is -0.283. The first-order valence-corrected chi connectivity index (χ1v) is 38.7. The summed E-state index contributed by atoms with van der Waals surface area (Å²) in [6, 6.07) is 97.4. The zero-order valence-corrected chi connectivity index (χ0v) is 62.5. The van der Waals surface area contributed by atoms with E-state index in [0.29, 0.717) is 11.1 Å². The lowest BCUT2D eigenvalue weighted by molar-refractivity contribution is 0.593. The van der Waals surface area contributed by atoms with Gasteiger partial charge in [0.15, 0.2) is 0 Å². The predicted octanol–water partition coefficient (Wildman–Crippen LogP) is 30.3. The van der Waals surface area contributed by atoms with Crippen molar-refractivity contribution in [3.63, 3.8) is 0 Å². The maximum atomic E-state index is 8.78. The molecular formula is C98H80S4. The molecule has 0 bridgehead atoms. The average molecular weight is 1390 g/mol.